The lowest BCUT2D eigenvalue weighted by Crippen LogP contribution is -2.24. The Morgan fingerprint density at radius 3 is 2.07 bits per heavy atom. The quantitative estimate of drug-likeness (QED) is 0.360. The number of halogens is 2. The molecule has 0 saturated heterocycles. The van der Waals surface area contributed by atoms with Gasteiger partial charge in [-0.25, -0.2) is 8.78 Å². The maximum absolute atomic E-state index is 13.2. The number of rotatable bonds is 7. The maximum Gasteiger partial charge on any atom is 0.265 e. The van der Waals surface area contributed by atoms with E-state index >= 15 is 0 Å². The van der Waals surface area contributed by atoms with Crippen LogP contribution in [-0.2, 0) is 9.63 Å². The summed E-state index contributed by atoms with van der Waals surface area (Å²) >= 11 is 0. The summed E-state index contributed by atoms with van der Waals surface area (Å²) in [6.45, 7) is -0.435. The van der Waals surface area contributed by atoms with E-state index in [1.807, 2.05) is 60.7 Å². The Labute approximate surface area is 166 Å². The molecule has 148 valence electrons. The molecule has 0 spiro atoms. The van der Waals surface area contributed by atoms with E-state index in [0.717, 1.165) is 23.3 Å². The summed E-state index contributed by atoms with van der Waals surface area (Å²) in [6, 6.07) is 22.1. The topological polar surface area (TPSA) is 76.7 Å². The van der Waals surface area contributed by atoms with E-state index in [2.05, 4.69) is 10.5 Å². The summed E-state index contributed by atoms with van der Waals surface area (Å²) in [5.41, 5.74) is 8.12. The average molecular weight is 395 g/mol. The van der Waals surface area contributed by atoms with Crippen LogP contribution in [0, 0.1) is 11.6 Å². The van der Waals surface area contributed by atoms with Gasteiger partial charge in [-0.3, -0.25) is 4.79 Å². The van der Waals surface area contributed by atoms with Gasteiger partial charge in [-0.05, 0) is 23.3 Å². The summed E-state index contributed by atoms with van der Waals surface area (Å²) in [7, 11) is 0. The first-order valence-corrected chi connectivity index (χ1v) is 8.84. The minimum atomic E-state index is -1.06. The van der Waals surface area contributed by atoms with Gasteiger partial charge in [0.05, 0.1) is 5.92 Å². The first kappa shape index (κ1) is 20.0. The maximum atomic E-state index is 13.2. The van der Waals surface area contributed by atoms with Crippen molar-refractivity contribution in [3.05, 3.63) is 102 Å². The van der Waals surface area contributed by atoms with Crippen LogP contribution in [0.15, 0.2) is 84.0 Å². The molecule has 0 aliphatic rings. The van der Waals surface area contributed by atoms with Crippen molar-refractivity contribution in [1.82, 2.24) is 0 Å². The summed E-state index contributed by atoms with van der Waals surface area (Å²) in [4.78, 5) is 17.0. The molecule has 0 radical (unpaired) electrons. The molecule has 0 aliphatic heterocycles. The molecule has 0 aliphatic carbocycles. The number of benzene rings is 3. The Morgan fingerprint density at radius 2 is 1.52 bits per heavy atom. The number of hydrogen-bond donors (Lipinski definition) is 2. The summed E-state index contributed by atoms with van der Waals surface area (Å²) in [5.74, 6) is -2.79. The van der Waals surface area contributed by atoms with E-state index in [-0.39, 0.29) is 17.4 Å². The second kappa shape index (κ2) is 9.45. The fourth-order valence-electron chi connectivity index (χ4n) is 2.81. The van der Waals surface area contributed by atoms with Gasteiger partial charge in [0.2, 0.25) is 0 Å². The lowest BCUT2D eigenvalue weighted by atomic mass is 9.90. The summed E-state index contributed by atoms with van der Waals surface area (Å²) in [5, 5.41) is 6.29. The van der Waals surface area contributed by atoms with Crippen molar-refractivity contribution in [2.45, 2.75) is 5.92 Å². The third-order valence-electron chi connectivity index (χ3n) is 4.13. The van der Waals surface area contributed by atoms with Crippen LogP contribution in [0.3, 0.4) is 0 Å². The van der Waals surface area contributed by atoms with Crippen LogP contribution in [0.4, 0.5) is 14.5 Å². The molecule has 3 aromatic rings. The molecule has 5 nitrogen and oxygen atoms in total. The van der Waals surface area contributed by atoms with E-state index in [0.29, 0.717) is 0 Å². The zero-order chi connectivity index (χ0) is 20.6. The summed E-state index contributed by atoms with van der Waals surface area (Å²) in [6.07, 6.45) is 0. The average Bonchev–Trinajstić information content (AvgIpc) is 2.72. The van der Waals surface area contributed by atoms with Crippen LogP contribution in [0.2, 0.25) is 0 Å². The predicted molar refractivity (Wildman–Crippen MR) is 107 cm³/mol. The number of nitrogens with zero attached hydrogens (tertiary/aromatic N) is 1. The molecule has 0 heterocycles. The monoisotopic (exact) mass is 395 g/mol. The molecule has 29 heavy (non-hydrogen) atoms. The number of anilines is 1. The van der Waals surface area contributed by atoms with Gasteiger partial charge in [-0.2, -0.15) is 0 Å². The first-order valence-electron chi connectivity index (χ1n) is 8.84. The highest BCUT2D eigenvalue weighted by Gasteiger charge is 2.19. The lowest BCUT2D eigenvalue weighted by molar-refractivity contribution is -0.120. The fourth-order valence-corrected chi connectivity index (χ4v) is 2.81. The van der Waals surface area contributed by atoms with Gasteiger partial charge >= 0.3 is 0 Å². The smallest absolute Gasteiger partial charge is 0.265 e. The van der Waals surface area contributed by atoms with Crippen LogP contribution in [0.5, 0.6) is 0 Å². The van der Waals surface area contributed by atoms with E-state index in [1.54, 1.807) is 0 Å². The Morgan fingerprint density at radius 1 is 0.931 bits per heavy atom. The van der Waals surface area contributed by atoms with Gasteiger partial charge in [0.25, 0.3) is 5.91 Å². The third kappa shape index (κ3) is 5.38. The van der Waals surface area contributed by atoms with Crippen molar-refractivity contribution in [1.29, 1.82) is 0 Å². The standard InChI is InChI=1S/C22H19F2N3O2/c23-18-12-11-17(13-19(18)24)26-20(28)14-29-27-22(25)21(15-7-3-1-4-8-15)16-9-5-2-6-10-16/h1-13,21H,14H2,(H2,25,27)(H,26,28). The molecule has 3 aromatic carbocycles. The molecule has 0 bridgehead atoms. The van der Waals surface area contributed by atoms with E-state index in [9.17, 15) is 13.6 Å². The van der Waals surface area contributed by atoms with Crippen molar-refractivity contribution in [2.75, 3.05) is 11.9 Å². The van der Waals surface area contributed by atoms with Crippen LogP contribution in [-0.4, -0.2) is 18.3 Å². The Kier molecular flexibility index (Phi) is 6.52. The normalized spacial score (nSPS) is 11.3. The van der Waals surface area contributed by atoms with Crippen molar-refractivity contribution in [3.63, 3.8) is 0 Å². The Balaban J connectivity index is 1.67. The molecule has 7 heteroatoms. The van der Waals surface area contributed by atoms with Crippen molar-refractivity contribution < 1.29 is 18.4 Å². The molecular weight excluding hydrogens is 376 g/mol. The van der Waals surface area contributed by atoms with E-state index < -0.39 is 24.1 Å². The molecule has 0 fully saturated rings. The number of nitrogens with two attached hydrogens (primary N) is 1. The third-order valence-corrected chi connectivity index (χ3v) is 4.13. The second-order valence-corrected chi connectivity index (χ2v) is 6.22. The minimum absolute atomic E-state index is 0.112. The highest BCUT2D eigenvalue weighted by Crippen LogP contribution is 2.24. The SMILES string of the molecule is N/C(=N/OCC(=O)Nc1ccc(F)c(F)c1)C(c1ccccc1)c1ccccc1. The molecular formula is C22H19F2N3O2. The molecule has 0 unspecified atom stereocenters. The van der Waals surface area contributed by atoms with Gasteiger partial charge in [-0.15, -0.1) is 0 Å². The van der Waals surface area contributed by atoms with Crippen molar-refractivity contribution in [3.8, 4) is 0 Å². The molecule has 3 N–H and O–H groups in total. The Hall–Kier alpha value is -3.74. The van der Waals surface area contributed by atoms with Gasteiger partial charge in [0.15, 0.2) is 24.1 Å². The van der Waals surface area contributed by atoms with Crippen LogP contribution >= 0.6 is 0 Å². The zero-order valence-electron chi connectivity index (χ0n) is 15.4. The van der Waals surface area contributed by atoms with E-state index in [4.69, 9.17) is 10.6 Å². The highest BCUT2D eigenvalue weighted by molar-refractivity contribution is 5.92. The number of amidine groups is 1. The Bertz CT molecular complexity index is 956. The van der Waals surface area contributed by atoms with Crippen molar-refractivity contribution in [2.24, 2.45) is 10.9 Å². The summed E-state index contributed by atoms with van der Waals surface area (Å²) < 4.78 is 26.1. The van der Waals surface area contributed by atoms with Crippen molar-refractivity contribution >= 4 is 17.4 Å². The zero-order valence-corrected chi connectivity index (χ0v) is 15.4. The van der Waals surface area contributed by atoms with Crippen LogP contribution in [0.25, 0.3) is 0 Å². The van der Waals surface area contributed by atoms with Gasteiger partial charge in [-0.1, -0.05) is 65.8 Å². The van der Waals surface area contributed by atoms with Crippen LogP contribution < -0.4 is 11.1 Å². The molecule has 0 aromatic heterocycles. The first-order chi connectivity index (χ1) is 14.0. The van der Waals surface area contributed by atoms with Gasteiger partial charge in [0, 0.05) is 11.8 Å². The van der Waals surface area contributed by atoms with Gasteiger partial charge in [0.1, 0.15) is 0 Å². The van der Waals surface area contributed by atoms with Gasteiger partial charge < -0.3 is 15.9 Å². The fraction of sp³-hybridized carbons (Fsp3) is 0.0909. The number of hydrogen-bond acceptors (Lipinski definition) is 3. The number of carbonyl (C=O) groups is 1. The molecule has 3 rings (SSSR count). The predicted octanol–water partition coefficient (Wildman–Crippen LogP) is 4.02. The largest absolute Gasteiger partial charge is 0.384 e. The van der Waals surface area contributed by atoms with Crippen LogP contribution in [0.1, 0.15) is 17.0 Å². The second-order valence-electron chi connectivity index (χ2n) is 6.22. The molecule has 1 amide bonds. The van der Waals surface area contributed by atoms with E-state index in [1.165, 1.54) is 6.07 Å². The molecule has 0 saturated carbocycles. The molecule has 0 atom stereocenters. The number of amides is 1. The highest BCUT2D eigenvalue weighted by atomic mass is 19.2. The number of carbonyl (C=O) groups excluding carboxylic acids is 1. The lowest BCUT2D eigenvalue weighted by Gasteiger charge is -2.17. The number of oxime groups is 1. The minimum Gasteiger partial charge on any atom is -0.384 e. The number of nitrogens with one attached hydrogen (secondary N) is 1.